The van der Waals surface area contributed by atoms with Crippen molar-refractivity contribution in [1.82, 2.24) is 0 Å². The molecule has 2 aromatic carbocycles. The van der Waals surface area contributed by atoms with Crippen LogP contribution in [0.25, 0.3) is 0 Å². The molecule has 0 fully saturated rings. The van der Waals surface area contributed by atoms with Crippen LogP contribution in [0, 0.1) is 20.2 Å². The first-order chi connectivity index (χ1) is 11.5. The Kier molecular flexibility index (Phi) is 5.56. The highest BCUT2D eigenvalue weighted by Gasteiger charge is 2.19. The summed E-state index contributed by atoms with van der Waals surface area (Å²) in [5, 5.41) is 26.2. The Morgan fingerprint density at radius 1 is 1.08 bits per heavy atom. The number of anilines is 1. The van der Waals surface area contributed by atoms with E-state index in [1.165, 1.54) is 12.1 Å². The van der Waals surface area contributed by atoms with Crippen molar-refractivity contribution in [3.05, 3.63) is 74.3 Å². The summed E-state index contributed by atoms with van der Waals surface area (Å²) in [5.74, 6) is 0. The molecule has 1 N–H and O–H groups in total. The predicted molar refractivity (Wildman–Crippen MR) is 91.3 cm³/mol. The van der Waals surface area contributed by atoms with Crippen LogP contribution in [-0.2, 0) is 0 Å². The van der Waals surface area contributed by atoms with Crippen molar-refractivity contribution < 1.29 is 9.85 Å². The van der Waals surface area contributed by atoms with Crippen LogP contribution in [-0.4, -0.2) is 15.6 Å². The van der Waals surface area contributed by atoms with E-state index >= 15 is 0 Å². The smallest absolute Gasteiger partial charge is 0.271 e. The lowest BCUT2D eigenvalue weighted by atomic mass is 10.1. The van der Waals surface area contributed by atoms with E-state index in [1.807, 2.05) is 37.3 Å². The Morgan fingerprint density at radius 3 is 2.38 bits per heavy atom. The van der Waals surface area contributed by atoms with E-state index in [9.17, 15) is 20.2 Å². The highest BCUT2D eigenvalue weighted by molar-refractivity contribution is 6.01. The van der Waals surface area contributed by atoms with Gasteiger partial charge in [-0.25, -0.2) is 0 Å². The molecule has 0 spiro atoms. The zero-order chi connectivity index (χ0) is 17.5. The minimum atomic E-state index is -0.674. The first kappa shape index (κ1) is 17.1. The molecule has 2 aromatic rings. The minimum Gasteiger partial charge on any atom is -0.271 e. The van der Waals surface area contributed by atoms with Crippen molar-refractivity contribution in [3.63, 3.8) is 0 Å². The molecule has 0 atom stereocenters. The number of hydrazone groups is 1. The molecule has 0 aliphatic rings. The highest BCUT2D eigenvalue weighted by atomic mass is 16.6. The van der Waals surface area contributed by atoms with Gasteiger partial charge in [0.1, 0.15) is 5.69 Å². The predicted octanol–water partition coefficient (Wildman–Crippen LogP) is 4.12. The first-order valence-electron chi connectivity index (χ1n) is 7.33. The molecule has 0 bridgehead atoms. The molecule has 0 unspecified atom stereocenters. The van der Waals surface area contributed by atoms with E-state index < -0.39 is 15.5 Å². The zero-order valence-corrected chi connectivity index (χ0v) is 13.0. The molecule has 0 aliphatic heterocycles. The van der Waals surface area contributed by atoms with Crippen molar-refractivity contribution in [2.24, 2.45) is 5.10 Å². The molecule has 0 aliphatic carbocycles. The molecule has 0 radical (unpaired) electrons. The molecule has 0 saturated heterocycles. The Morgan fingerprint density at radius 2 is 1.79 bits per heavy atom. The van der Waals surface area contributed by atoms with Crippen molar-refractivity contribution in [1.29, 1.82) is 0 Å². The van der Waals surface area contributed by atoms with E-state index in [4.69, 9.17) is 0 Å². The van der Waals surface area contributed by atoms with Crippen molar-refractivity contribution in [2.75, 3.05) is 5.43 Å². The maximum atomic E-state index is 11.1. The van der Waals surface area contributed by atoms with E-state index in [-0.39, 0.29) is 11.4 Å². The summed E-state index contributed by atoms with van der Waals surface area (Å²) < 4.78 is 0. The zero-order valence-electron chi connectivity index (χ0n) is 13.0. The molecule has 24 heavy (non-hydrogen) atoms. The molecule has 0 aromatic heterocycles. The van der Waals surface area contributed by atoms with E-state index in [1.54, 1.807) is 0 Å². The summed E-state index contributed by atoms with van der Waals surface area (Å²) in [7, 11) is 0. The van der Waals surface area contributed by atoms with Gasteiger partial charge in [-0.05, 0) is 18.1 Å². The first-order valence-corrected chi connectivity index (χ1v) is 7.33. The fraction of sp³-hybridized carbons (Fsp3) is 0.188. The Labute approximate surface area is 138 Å². The van der Waals surface area contributed by atoms with E-state index in [0.717, 1.165) is 23.8 Å². The molecule has 8 nitrogen and oxygen atoms in total. The number of rotatable bonds is 7. The Bertz CT molecular complexity index is 775. The van der Waals surface area contributed by atoms with Crippen molar-refractivity contribution >= 4 is 22.8 Å². The van der Waals surface area contributed by atoms with Gasteiger partial charge in [-0.1, -0.05) is 43.7 Å². The number of benzene rings is 2. The maximum absolute atomic E-state index is 11.1. The fourth-order valence-electron chi connectivity index (χ4n) is 2.14. The van der Waals surface area contributed by atoms with Crippen LogP contribution in [0.5, 0.6) is 0 Å². The van der Waals surface area contributed by atoms with Gasteiger partial charge in [-0.2, -0.15) is 5.10 Å². The van der Waals surface area contributed by atoms with Gasteiger partial charge in [0.2, 0.25) is 0 Å². The van der Waals surface area contributed by atoms with Gasteiger partial charge >= 0.3 is 5.69 Å². The summed E-state index contributed by atoms with van der Waals surface area (Å²) in [6.07, 6.45) is 1.55. The average molecular weight is 328 g/mol. The minimum absolute atomic E-state index is 0.107. The van der Waals surface area contributed by atoms with Gasteiger partial charge in [-0.15, -0.1) is 0 Å². The van der Waals surface area contributed by atoms with Crippen LogP contribution >= 0.6 is 0 Å². The van der Waals surface area contributed by atoms with Crippen LogP contribution in [0.2, 0.25) is 0 Å². The van der Waals surface area contributed by atoms with Gasteiger partial charge in [0, 0.05) is 6.07 Å². The Hall–Kier alpha value is -3.29. The van der Waals surface area contributed by atoms with E-state index in [0.29, 0.717) is 6.42 Å². The molecule has 8 heteroatoms. The SMILES string of the molecule is CCC/C(=N/Nc1ccc([N+](=O)[O-])cc1[N+](=O)[O-])c1ccccc1. The second-order valence-electron chi connectivity index (χ2n) is 5.00. The number of nitrogens with zero attached hydrogens (tertiary/aromatic N) is 3. The summed E-state index contributed by atoms with van der Waals surface area (Å²) in [6.45, 7) is 2.01. The average Bonchev–Trinajstić information content (AvgIpc) is 2.59. The van der Waals surface area contributed by atoms with Crippen molar-refractivity contribution in [3.8, 4) is 0 Å². The molecule has 124 valence electrons. The number of nitrogens with one attached hydrogen (secondary N) is 1. The monoisotopic (exact) mass is 328 g/mol. The standard InChI is InChI=1S/C16H16N4O4/c1-2-6-14(12-7-4-3-5-8-12)17-18-15-10-9-13(19(21)22)11-16(15)20(23)24/h3-5,7-11,18H,2,6H2,1H3/b17-14-. The van der Waals surface area contributed by atoms with Gasteiger partial charge in [0.15, 0.2) is 0 Å². The topological polar surface area (TPSA) is 111 Å². The number of non-ortho nitro benzene ring substituents is 1. The van der Waals surface area contributed by atoms with Crippen LogP contribution < -0.4 is 5.43 Å². The van der Waals surface area contributed by atoms with Gasteiger partial charge in [-0.3, -0.25) is 25.7 Å². The third kappa shape index (κ3) is 4.13. The molecule has 0 heterocycles. The van der Waals surface area contributed by atoms with Gasteiger partial charge < -0.3 is 0 Å². The highest BCUT2D eigenvalue weighted by Crippen LogP contribution is 2.29. The molecule has 0 saturated carbocycles. The molecule has 0 amide bonds. The van der Waals surface area contributed by atoms with Crippen LogP contribution in [0.4, 0.5) is 17.1 Å². The summed E-state index contributed by atoms with van der Waals surface area (Å²) in [4.78, 5) is 20.5. The van der Waals surface area contributed by atoms with Crippen molar-refractivity contribution in [2.45, 2.75) is 19.8 Å². The van der Waals surface area contributed by atoms with Crippen LogP contribution in [0.3, 0.4) is 0 Å². The number of nitro groups is 2. The van der Waals surface area contributed by atoms with Gasteiger partial charge in [0.05, 0.1) is 21.6 Å². The molecular weight excluding hydrogens is 312 g/mol. The number of hydrogen-bond donors (Lipinski definition) is 1. The lowest BCUT2D eigenvalue weighted by Crippen LogP contribution is -2.05. The lowest BCUT2D eigenvalue weighted by Gasteiger charge is -2.07. The third-order valence-electron chi connectivity index (χ3n) is 3.29. The second-order valence-corrected chi connectivity index (χ2v) is 5.00. The fourth-order valence-corrected chi connectivity index (χ4v) is 2.14. The van der Waals surface area contributed by atoms with E-state index in [2.05, 4.69) is 10.5 Å². The van der Waals surface area contributed by atoms with Gasteiger partial charge in [0.25, 0.3) is 5.69 Å². The summed E-state index contributed by atoms with van der Waals surface area (Å²) in [5.41, 5.74) is 3.71. The largest absolute Gasteiger partial charge is 0.301 e. The molecule has 2 rings (SSSR count). The lowest BCUT2D eigenvalue weighted by molar-refractivity contribution is -0.393. The summed E-state index contributed by atoms with van der Waals surface area (Å²) >= 11 is 0. The summed E-state index contributed by atoms with van der Waals surface area (Å²) in [6, 6.07) is 12.9. The van der Waals surface area contributed by atoms with Crippen LogP contribution in [0.15, 0.2) is 53.6 Å². The second kappa shape index (κ2) is 7.82. The third-order valence-corrected chi connectivity index (χ3v) is 3.29. The maximum Gasteiger partial charge on any atom is 0.301 e. The number of nitro benzene ring substituents is 2. The normalized spacial score (nSPS) is 11.1. The quantitative estimate of drug-likeness (QED) is 0.467. The molecular formula is C16H16N4O4. The Balaban J connectivity index is 2.34. The number of hydrogen-bond acceptors (Lipinski definition) is 6. The van der Waals surface area contributed by atoms with Crippen LogP contribution in [0.1, 0.15) is 25.3 Å².